The van der Waals surface area contributed by atoms with Gasteiger partial charge in [0, 0.05) is 12.7 Å². The van der Waals surface area contributed by atoms with E-state index in [0.717, 1.165) is 18.0 Å². The number of carboxylic acid groups (broad SMARTS) is 1. The van der Waals surface area contributed by atoms with Crippen molar-refractivity contribution in [1.29, 1.82) is 0 Å². The molecule has 0 aliphatic rings. The maximum Gasteiger partial charge on any atom is 0.327 e. The molecule has 7 heteroatoms. The molecule has 0 saturated carbocycles. The summed E-state index contributed by atoms with van der Waals surface area (Å²) in [5.74, 6) is -1.85. The van der Waals surface area contributed by atoms with Crippen LogP contribution in [0.1, 0.15) is 6.92 Å². The number of carbonyl (C=O) groups excluding carboxylic acids is 1. The van der Waals surface area contributed by atoms with Crippen molar-refractivity contribution in [2.75, 3.05) is 5.75 Å². The van der Waals surface area contributed by atoms with Crippen LogP contribution in [-0.2, 0) is 9.59 Å². The second-order valence-corrected chi connectivity index (χ2v) is 4.26. The number of aliphatic carboxylic acids is 1. The molecule has 0 aliphatic heterocycles. The molecule has 1 atom stereocenters. The lowest BCUT2D eigenvalue weighted by atomic mass is 10.3. The Kier molecular flexibility index (Phi) is 4.89. The second kappa shape index (κ2) is 6.19. The van der Waals surface area contributed by atoms with Gasteiger partial charge in [0.2, 0.25) is 5.91 Å². The number of hydrogen-bond donors (Lipinski definition) is 2. The van der Waals surface area contributed by atoms with Gasteiger partial charge in [0.1, 0.15) is 11.9 Å². The molecule has 0 radical (unpaired) electrons. The molecule has 1 unspecified atom stereocenters. The molecule has 1 aromatic rings. The summed E-state index contributed by atoms with van der Waals surface area (Å²) in [6.45, 7) is 1.25. The van der Waals surface area contributed by atoms with Crippen molar-refractivity contribution in [2.24, 2.45) is 0 Å². The van der Waals surface area contributed by atoms with Gasteiger partial charge in [-0.15, -0.1) is 11.8 Å². The van der Waals surface area contributed by atoms with E-state index in [9.17, 15) is 14.0 Å². The molecule has 1 amide bonds. The number of hydrogen-bond acceptors (Lipinski definition) is 4. The summed E-state index contributed by atoms with van der Waals surface area (Å²) in [4.78, 5) is 25.3. The van der Waals surface area contributed by atoms with Gasteiger partial charge < -0.3 is 10.4 Å². The number of nitrogens with one attached hydrogen (secondary N) is 1. The highest BCUT2D eigenvalue weighted by atomic mass is 32.2. The predicted octanol–water partition coefficient (Wildman–Crippen LogP) is 0.902. The van der Waals surface area contributed by atoms with Gasteiger partial charge in [-0.05, 0) is 12.1 Å². The maximum absolute atomic E-state index is 12.6. The fourth-order valence-corrected chi connectivity index (χ4v) is 1.89. The minimum absolute atomic E-state index is 0.132. The largest absolute Gasteiger partial charge is 0.480 e. The summed E-state index contributed by atoms with van der Waals surface area (Å²) in [5.41, 5.74) is 0. The van der Waals surface area contributed by atoms with E-state index in [2.05, 4.69) is 10.3 Å². The summed E-state index contributed by atoms with van der Waals surface area (Å²) in [5, 5.41) is 11.6. The normalized spacial score (nSPS) is 11.9. The van der Waals surface area contributed by atoms with Crippen molar-refractivity contribution in [3.8, 4) is 0 Å². The fourth-order valence-electron chi connectivity index (χ4n) is 1.04. The maximum atomic E-state index is 12.6. The van der Waals surface area contributed by atoms with E-state index >= 15 is 0 Å². The molecule has 1 rings (SSSR count). The summed E-state index contributed by atoms with van der Waals surface area (Å²) < 4.78 is 12.6. The number of thioether (sulfide) groups is 1. The first kappa shape index (κ1) is 13.4. The topological polar surface area (TPSA) is 79.3 Å². The highest BCUT2D eigenvalue weighted by molar-refractivity contribution is 7.99. The molecular formula is C10H11FN2O3S. The Morgan fingerprint density at radius 3 is 2.76 bits per heavy atom. The van der Waals surface area contributed by atoms with Crippen molar-refractivity contribution in [3.63, 3.8) is 0 Å². The van der Waals surface area contributed by atoms with Crippen molar-refractivity contribution in [3.05, 3.63) is 24.1 Å². The van der Waals surface area contributed by atoms with Crippen LogP contribution in [0, 0.1) is 5.82 Å². The highest BCUT2D eigenvalue weighted by Crippen LogP contribution is 2.16. The first-order valence-corrected chi connectivity index (χ1v) is 5.72. The molecule has 5 nitrogen and oxygen atoms in total. The molecule has 0 fully saturated rings. The molecule has 0 aliphatic carbocycles. The Morgan fingerprint density at radius 2 is 2.29 bits per heavy atom. The smallest absolute Gasteiger partial charge is 0.327 e. The number of carbonyl (C=O) groups is 2. The lowest BCUT2D eigenvalue weighted by molar-refractivity contribution is -0.140. The average Bonchev–Trinajstić information content (AvgIpc) is 2.25. The number of nitrogens with zero attached hydrogens (tertiary/aromatic N) is 1. The zero-order valence-corrected chi connectivity index (χ0v) is 9.83. The van der Waals surface area contributed by atoms with Crippen molar-refractivity contribution >= 4 is 23.6 Å². The van der Waals surface area contributed by atoms with Crippen LogP contribution in [-0.4, -0.2) is 33.8 Å². The predicted molar refractivity (Wildman–Crippen MR) is 60.2 cm³/mol. The standard InChI is InChI=1S/C10H11FN2O3S/c1-6(14)13-8(10(15)16)5-17-9-3-2-7(11)4-12-9/h2-4,8H,5H2,1H3,(H,13,14)(H,15,16). The van der Waals surface area contributed by atoms with Gasteiger partial charge in [0.25, 0.3) is 0 Å². The highest BCUT2D eigenvalue weighted by Gasteiger charge is 2.18. The van der Waals surface area contributed by atoms with Gasteiger partial charge in [0.05, 0.1) is 11.2 Å². The molecule has 17 heavy (non-hydrogen) atoms. The van der Waals surface area contributed by atoms with Gasteiger partial charge >= 0.3 is 5.97 Å². The van der Waals surface area contributed by atoms with Crippen LogP contribution in [0.15, 0.2) is 23.4 Å². The van der Waals surface area contributed by atoms with Crippen LogP contribution in [0.4, 0.5) is 4.39 Å². The zero-order valence-electron chi connectivity index (χ0n) is 9.01. The molecule has 0 spiro atoms. The SMILES string of the molecule is CC(=O)NC(CSc1ccc(F)cn1)C(=O)O. The van der Waals surface area contributed by atoms with E-state index in [1.807, 2.05) is 0 Å². The minimum Gasteiger partial charge on any atom is -0.480 e. The quantitative estimate of drug-likeness (QED) is 0.767. The molecular weight excluding hydrogens is 247 g/mol. The molecule has 0 aromatic carbocycles. The van der Waals surface area contributed by atoms with Crippen LogP contribution in [0.25, 0.3) is 0 Å². The third-order valence-corrected chi connectivity index (χ3v) is 2.81. The molecule has 1 aromatic heterocycles. The first-order chi connectivity index (χ1) is 7.99. The Hall–Kier alpha value is -1.63. The fraction of sp³-hybridized carbons (Fsp3) is 0.300. The lowest BCUT2D eigenvalue weighted by Crippen LogP contribution is -2.41. The first-order valence-electron chi connectivity index (χ1n) is 4.73. The van der Waals surface area contributed by atoms with E-state index < -0.39 is 23.7 Å². The summed E-state index contributed by atoms with van der Waals surface area (Å²) in [6.07, 6.45) is 1.05. The van der Waals surface area contributed by atoms with Gasteiger partial charge in [-0.3, -0.25) is 4.79 Å². The van der Waals surface area contributed by atoms with E-state index in [0.29, 0.717) is 5.03 Å². The van der Waals surface area contributed by atoms with E-state index in [-0.39, 0.29) is 5.75 Å². The zero-order chi connectivity index (χ0) is 12.8. The Morgan fingerprint density at radius 1 is 1.59 bits per heavy atom. The van der Waals surface area contributed by atoms with Crippen LogP contribution >= 0.6 is 11.8 Å². The van der Waals surface area contributed by atoms with Crippen LogP contribution < -0.4 is 5.32 Å². The molecule has 92 valence electrons. The Bertz CT molecular complexity index is 411. The second-order valence-electron chi connectivity index (χ2n) is 3.22. The lowest BCUT2D eigenvalue weighted by Gasteiger charge is -2.12. The molecule has 1 heterocycles. The summed E-state index contributed by atoms with van der Waals surface area (Å²) in [6, 6.07) is 1.71. The number of amides is 1. The average molecular weight is 258 g/mol. The van der Waals surface area contributed by atoms with E-state index in [4.69, 9.17) is 5.11 Å². The van der Waals surface area contributed by atoms with Gasteiger partial charge in [-0.2, -0.15) is 0 Å². The van der Waals surface area contributed by atoms with Crippen LogP contribution in [0.3, 0.4) is 0 Å². The monoisotopic (exact) mass is 258 g/mol. The number of rotatable bonds is 5. The van der Waals surface area contributed by atoms with Crippen LogP contribution in [0.5, 0.6) is 0 Å². The van der Waals surface area contributed by atoms with Gasteiger partial charge in [0.15, 0.2) is 0 Å². The third-order valence-electron chi connectivity index (χ3n) is 1.77. The van der Waals surface area contributed by atoms with Crippen LogP contribution in [0.2, 0.25) is 0 Å². The van der Waals surface area contributed by atoms with Gasteiger partial charge in [-0.1, -0.05) is 0 Å². The third kappa shape index (κ3) is 4.81. The van der Waals surface area contributed by atoms with Gasteiger partial charge in [-0.25, -0.2) is 14.2 Å². The molecule has 2 N–H and O–H groups in total. The summed E-state index contributed by atoms with van der Waals surface area (Å²) in [7, 11) is 0. The Labute approximate surface area is 101 Å². The Balaban J connectivity index is 2.54. The number of carboxylic acids is 1. The number of halogens is 1. The van der Waals surface area contributed by atoms with E-state index in [1.54, 1.807) is 0 Å². The minimum atomic E-state index is -1.12. The van der Waals surface area contributed by atoms with Crippen molar-refractivity contribution < 1.29 is 19.1 Å². The molecule has 0 bridgehead atoms. The molecule has 0 saturated heterocycles. The number of pyridine rings is 1. The van der Waals surface area contributed by atoms with Crippen molar-refractivity contribution in [2.45, 2.75) is 18.0 Å². The summed E-state index contributed by atoms with van der Waals surface area (Å²) >= 11 is 1.13. The van der Waals surface area contributed by atoms with E-state index in [1.165, 1.54) is 19.1 Å². The van der Waals surface area contributed by atoms with Crippen molar-refractivity contribution in [1.82, 2.24) is 10.3 Å². The number of aromatic nitrogens is 1.